The van der Waals surface area contributed by atoms with Crippen LogP contribution in [0.4, 0.5) is 0 Å². The first-order chi connectivity index (χ1) is 11.4. The average Bonchev–Trinajstić information content (AvgIpc) is 3.21. The van der Waals surface area contributed by atoms with Gasteiger partial charge >= 0.3 is 11.9 Å². The second-order valence-corrected chi connectivity index (χ2v) is 5.12. The van der Waals surface area contributed by atoms with E-state index in [1.165, 1.54) is 36.3 Å². The summed E-state index contributed by atoms with van der Waals surface area (Å²) < 4.78 is 9.55. The van der Waals surface area contributed by atoms with Crippen molar-refractivity contribution in [3.8, 4) is 0 Å². The molecule has 0 aromatic heterocycles. The van der Waals surface area contributed by atoms with Gasteiger partial charge in [-0.2, -0.15) is 0 Å². The van der Waals surface area contributed by atoms with E-state index in [-0.39, 0.29) is 24.8 Å². The predicted molar refractivity (Wildman–Crippen MR) is 79.1 cm³/mol. The van der Waals surface area contributed by atoms with E-state index < -0.39 is 24.1 Å². The highest BCUT2D eigenvalue weighted by molar-refractivity contribution is 5.92. The Labute approximate surface area is 138 Å². The van der Waals surface area contributed by atoms with Crippen LogP contribution >= 0.6 is 0 Å². The molecule has 2 atom stereocenters. The van der Waals surface area contributed by atoms with Gasteiger partial charge in [0.1, 0.15) is 12.1 Å². The molecule has 2 amide bonds. The second kappa shape index (κ2) is 7.59. The van der Waals surface area contributed by atoms with Crippen LogP contribution in [-0.2, 0) is 28.7 Å². The Bertz CT molecular complexity index is 602. The van der Waals surface area contributed by atoms with Gasteiger partial charge in [0.2, 0.25) is 5.91 Å². The highest BCUT2D eigenvalue weighted by Gasteiger charge is 2.41. The van der Waals surface area contributed by atoms with Gasteiger partial charge in [-0.25, -0.2) is 14.6 Å². The van der Waals surface area contributed by atoms with Crippen LogP contribution in [0.3, 0.4) is 0 Å². The Morgan fingerprint density at radius 3 is 2.50 bits per heavy atom. The van der Waals surface area contributed by atoms with Gasteiger partial charge in [-0.3, -0.25) is 9.59 Å². The first-order valence-corrected chi connectivity index (χ1v) is 7.17. The lowest BCUT2D eigenvalue weighted by atomic mass is 10.2. The van der Waals surface area contributed by atoms with Crippen molar-refractivity contribution >= 4 is 23.8 Å². The molecular formula is C14H18N4O6. The van der Waals surface area contributed by atoms with Gasteiger partial charge in [-0.15, -0.1) is 5.53 Å². The summed E-state index contributed by atoms with van der Waals surface area (Å²) in [5.74, 6) is -2.08. The van der Waals surface area contributed by atoms with Gasteiger partial charge in [0.05, 0.1) is 13.7 Å². The highest BCUT2D eigenvalue weighted by atomic mass is 16.5. The number of nitrogens with zero attached hydrogens (tertiary/aromatic N) is 2. The van der Waals surface area contributed by atoms with Crippen LogP contribution in [0.2, 0.25) is 0 Å². The van der Waals surface area contributed by atoms with Crippen LogP contribution < -0.4 is 11.0 Å². The zero-order valence-corrected chi connectivity index (χ0v) is 13.2. The summed E-state index contributed by atoms with van der Waals surface area (Å²) in [6.07, 6.45) is 4.42. The molecule has 2 aliphatic rings. The number of nitrogens with one attached hydrogen (secondary N) is 2. The number of carbonyl (C=O) groups excluding carboxylic acids is 4. The molecule has 0 aliphatic carbocycles. The van der Waals surface area contributed by atoms with Gasteiger partial charge in [-0.05, 0) is 0 Å². The first kappa shape index (κ1) is 17.5. The Morgan fingerprint density at radius 2 is 1.92 bits per heavy atom. The van der Waals surface area contributed by atoms with Crippen LogP contribution in [0.25, 0.3) is 0 Å². The van der Waals surface area contributed by atoms with Gasteiger partial charge in [0.25, 0.3) is 5.91 Å². The summed E-state index contributed by atoms with van der Waals surface area (Å²) in [6.45, 7) is 1.45. The Kier molecular flexibility index (Phi) is 5.53. The van der Waals surface area contributed by atoms with Crippen molar-refractivity contribution in [1.82, 2.24) is 20.9 Å². The molecule has 0 aromatic rings. The van der Waals surface area contributed by atoms with Crippen molar-refractivity contribution in [2.24, 2.45) is 0 Å². The summed E-state index contributed by atoms with van der Waals surface area (Å²) in [4.78, 5) is 48.1. The fourth-order valence-electron chi connectivity index (χ4n) is 2.42. The molecule has 10 heteroatoms. The van der Waals surface area contributed by atoms with E-state index in [1.807, 2.05) is 0 Å². The monoisotopic (exact) mass is 338 g/mol. The van der Waals surface area contributed by atoms with E-state index in [9.17, 15) is 19.2 Å². The number of hydrogen-bond acceptors (Lipinski definition) is 8. The molecule has 2 aliphatic heterocycles. The van der Waals surface area contributed by atoms with Gasteiger partial charge in [0.15, 0.2) is 0 Å². The molecular weight excluding hydrogens is 320 g/mol. The predicted octanol–water partition coefficient (Wildman–Crippen LogP) is -1.43. The summed E-state index contributed by atoms with van der Waals surface area (Å²) in [5.41, 5.74) is 5.23. The third-order valence-corrected chi connectivity index (χ3v) is 3.52. The lowest BCUT2D eigenvalue weighted by molar-refractivity contribution is -0.144. The molecule has 24 heavy (non-hydrogen) atoms. The number of carbonyl (C=O) groups is 4. The van der Waals surface area contributed by atoms with Crippen LogP contribution in [0, 0.1) is 0 Å². The summed E-state index contributed by atoms with van der Waals surface area (Å²) >= 11 is 0. The molecule has 0 radical (unpaired) electrons. The highest BCUT2D eigenvalue weighted by Crippen LogP contribution is 2.22. The number of esters is 2. The van der Waals surface area contributed by atoms with Crippen molar-refractivity contribution in [2.75, 3.05) is 13.7 Å². The number of amides is 2. The van der Waals surface area contributed by atoms with Crippen molar-refractivity contribution in [3.05, 3.63) is 24.6 Å². The van der Waals surface area contributed by atoms with Gasteiger partial charge in [0, 0.05) is 37.9 Å². The molecule has 0 aromatic carbocycles. The molecule has 1 fully saturated rings. The molecule has 0 bridgehead atoms. The summed E-state index contributed by atoms with van der Waals surface area (Å²) in [7, 11) is 1.19. The van der Waals surface area contributed by atoms with Gasteiger partial charge < -0.3 is 19.8 Å². The number of rotatable bonds is 4. The molecule has 0 spiro atoms. The second-order valence-electron chi connectivity index (χ2n) is 5.12. The molecule has 130 valence electrons. The minimum absolute atomic E-state index is 0.106. The van der Waals surface area contributed by atoms with E-state index >= 15 is 0 Å². The molecule has 2 heterocycles. The maximum Gasteiger partial charge on any atom is 0.331 e. The third kappa shape index (κ3) is 4.10. The minimum atomic E-state index is -0.748. The SMILES string of the molecule is COC(=O)/C=C/C(=O)O[C@@H]1C[C@@H](C(=O)N2C=CNN2)N(C(C)=O)C1. The van der Waals surface area contributed by atoms with Crippen molar-refractivity contribution < 1.29 is 28.7 Å². The van der Waals surface area contributed by atoms with Crippen LogP contribution in [0.5, 0.6) is 0 Å². The van der Waals surface area contributed by atoms with Crippen molar-refractivity contribution in [3.63, 3.8) is 0 Å². The maximum absolute atomic E-state index is 12.4. The quantitative estimate of drug-likeness (QED) is 0.473. The fraction of sp³-hybridized carbons (Fsp3) is 0.429. The topological polar surface area (TPSA) is 117 Å². The lowest BCUT2D eigenvalue weighted by Gasteiger charge is -2.24. The number of hydrogen-bond donors (Lipinski definition) is 2. The summed E-state index contributed by atoms with van der Waals surface area (Å²) in [5, 5.41) is 1.21. The van der Waals surface area contributed by atoms with Crippen LogP contribution in [-0.4, -0.2) is 59.5 Å². The van der Waals surface area contributed by atoms with E-state index in [0.717, 1.165) is 12.2 Å². The standard InChI is InChI=1S/C14H18N4O6/c1-9(19)17-8-10(24-13(21)4-3-12(20)23-2)7-11(17)14(22)18-6-5-15-16-18/h3-6,10-11,15-16H,7-8H2,1-2H3/b4-3+/t10-,11+/m1/s1. The molecule has 10 nitrogen and oxygen atoms in total. The Morgan fingerprint density at radius 1 is 1.21 bits per heavy atom. The Balaban J connectivity index is 1.99. The molecule has 2 rings (SSSR count). The minimum Gasteiger partial charge on any atom is -0.466 e. The van der Waals surface area contributed by atoms with Crippen molar-refractivity contribution in [2.45, 2.75) is 25.5 Å². The largest absolute Gasteiger partial charge is 0.466 e. The first-order valence-electron chi connectivity index (χ1n) is 7.17. The van der Waals surface area contributed by atoms with Gasteiger partial charge in [-0.1, -0.05) is 0 Å². The third-order valence-electron chi connectivity index (χ3n) is 3.52. The normalized spacial score (nSPS) is 22.6. The molecule has 0 unspecified atom stereocenters. The average molecular weight is 338 g/mol. The smallest absolute Gasteiger partial charge is 0.331 e. The zero-order valence-electron chi connectivity index (χ0n) is 13.2. The lowest BCUT2D eigenvalue weighted by Crippen LogP contribution is -2.50. The molecule has 0 saturated carbocycles. The number of methoxy groups -OCH3 is 1. The van der Waals surface area contributed by atoms with Crippen molar-refractivity contribution in [1.29, 1.82) is 0 Å². The fourth-order valence-corrected chi connectivity index (χ4v) is 2.42. The Hall–Kier alpha value is -2.88. The van der Waals surface area contributed by atoms with Crippen LogP contribution in [0.1, 0.15) is 13.3 Å². The van der Waals surface area contributed by atoms with Crippen LogP contribution in [0.15, 0.2) is 24.6 Å². The summed E-state index contributed by atoms with van der Waals surface area (Å²) in [6, 6.07) is -0.748. The van der Waals surface area contributed by atoms with E-state index in [0.29, 0.717) is 0 Å². The maximum atomic E-state index is 12.4. The molecule has 1 saturated heterocycles. The van der Waals surface area contributed by atoms with E-state index in [2.05, 4.69) is 15.7 Å². The zero-order chi connectivity index (χ0) is 17.7. The van der Waals surface area contributed by atoms with E-state index in [4.69, 9.17) is 4.74 Å². The number of hydrazine groups is 2. The number of likely N-dealkylation sites (tertiary alicyclic amines) is 1. The number of ether oxygens (including phenoxy) is 2. The molecule has 2 N–H and O–H groups in total. The van der Waals surface area contributed by atoms with E-state index in [1.54, 1.807) is 0 Å².